The van der Waals surface area contributed by atoms with Crippen molar-refractivity contribution in [3.05, 3.63) is 60.8 Å². The first-order valence-corrected chi connectivity index (χ1v) is 37.6. The van der Waals surface area contributed by atoms with E-state index in [1.807, 2.05) is 6.08 Å². The number of nitrogens with one attached hydrogen (secondary N) is 1. The summed E-state index contributed by atoms with van der Waals surface area (Å²) in [6, 6.07) is -0.826. The molecule has 0 aromatic rings. The van der Waals surface area contributed by atoms with Crippen LogP contribution in [0.15, 0.2) is 60.8 Å². The predicted molar refractivity (Wildman–Crippen MR) is 370 cm³/mol. The van der Waals surface area contributed by atoms with Crippen molar-refractivity contribution in [1.29, 1.82) is 0 Å². The Balaban J connectivity index is 1.91. The number of rotatable bonds is 66. The van der Waals surface area contributed by atoms with E-state index in [0.717, 1.165) is 64.2 Å². The lowest BCUT2D eigenvalue weighted by Crippen LogP contribution is -2.60. The van der Waals surface area contributed by atoms with Gasteiger partial charge in [-0.1, -0.05) is 299 Å². The molecule has 0 radical (unpaired) electrons. The Bertz CT molecular complexity index is 1650. The van der Waals surface area contributed by atoms with Gasteiger partial charge in [0.05, 0.1) is 32.0 Å². The topological polar surface area (TPSA) is 175 Å². The Labute approximate surface area is 541 Å². The first kappa shape index (κ1) is 83.4. The molecule has 0 aromatic heterocycles. The molecule has 0 aromatic carbocycles. The van der Waals surface area contributed by atoms with Crippen LogP contribution in [-0.4, -0.2) is 100 Å². The Hall–Kier alpha value is -2.64. The molecule has 1 amide bonds. The number of aliphatic hydroxyl groups excluding tert-OH is 5. The summed E-state index contributed by atoms with van der Waals surface area (Å²) in [5.74, 6) is -0.189. The van der Waals surface area contributed by atoms with Crippen molar-refractivity contribution in [2.24, 2.45) is 0 Å². The van der Waals surface area contributed by atoms with Crippen LogP contribution in [0.5, 0.6) is 0 Å². The molecule has 11 nitrogen and oxygen atoms in total. The maximum absolute atomic E-state index is 13.0. The molecular weight excluding hydrogens is 1100 g/mol. The summed E-state index contributed by atoms with van der Waals surface area (Å²) >= 11 is 0. The van der Waals surface area contributed by atoms with Crippen molar-refractivity contribution in [3.63, 3.8) is 0 Å². The second-order valence-corrected chi connectivity index (χ2v) is 26.0. The summed E-state index contributed by atoms with van der Waals surface area (Å²) in [6.45, 7) is 4.31. The molecule has 1 fully saturated rings. The summed E-state index contributed by atoms with van der Waals surface area (Å²) < 4.78 is 16.7. The maximum Gasteiger partial charge on any atom is 0.305 e. The van der Waals surface area contributed by atoms with Crippen LogP contribution in [0.1, 0.15) is 354 Å². The lowest BCUT2D eigenvalue weighted by Gasteiger charge is -2.40. The van der Waals surface area contributed by atoms with E-state index in [-0.39, 0.29) is 18.5 Å². The van der Waals surface area contributed by atoms with Gasteiger partial charge in [0.15, 0.2) is 6.29 Å². The number of hydrogen-bond donors (Lipinski definition) is 6. The van der Waals surface area contributed by atoms with Crippen LogP contribution in [0, 0.1) is 0 Å². The van der Waals surface area contributed by atoms with E-state index in [0.29, 0.717) is 19.4 Å². The van der Waals surface area contributed by atoms with Crippen molar-refractivity contribution in [1.82, 2.24) is 5.32 Å². The molecule has 0 bridgehead atoms. The number of carbonyl (C=O) groups is 2. The minimum atomic E-state index is -1.58. The summed E-state index contributed by atoms with van der Waals surface area (Å²) in [4.78, 5) is 25.1. The molecule has 1 heterocycles. The Morgan fingerprint density at radius 1 is 0.420 bits per heavy atom. The molecule has 1 rings (SSSR count). The van der Waals surface area contributed by atoms with Gasteiger partial charge in [-0.2, -0.15) is 0 Å². The second-order valence-electron chi connectivity index (χ2n) is 26.0. The van der Waals surface area contributed by atoms with Crippen LogP contribution in [0.4, 0.5) is 0 Å². The van der Waals surface area contributed by atoms with Gasteiger partial charge in [0.25, 0.3) is 0 Å². The van der Waals surface area contributed by atoms with Gasteiger partial charge in [0.2, 0.25) is 5.91 Å². The molecule has 0 spiro atoms. The van der Waals surface area contributed by atoms with Crippen LogP contribution in [0.2, 0.25) is 0 Å². The van der Waals surface area contributed by atoms with E-state index in [9.17, 15) is 35.1 Å². The van der Waals surface area contributed by atoms with Gasteiger partial charge in [-0.25, -0.2) is 0 Å². The largest absolute Gasteiger partial charge is 0.466 e. The van der Waals surface area contributed by atoms with Gasteiger partial charge in [0.1, 0.15) is 24.4 Å². The van der Waals surface area contributed by atoms with Crippen molar-refractivity contribution in [2.75, 3.05) is 19.8 Å². The fraction of sp³-hybridized carbons (Fsp3) is 0.844. The van der Waals surface area contributed by atoms with Crippen LogP contribution < -0.4 is 5.32 Å². The average molecular weight is 1240 g/mol. The molecule has 0 saturated carbocycles. The summed E-state index contributed by atoms with van der Waals surface area (Å²) in [5.41, 5.74) is 0. The lowest BCUT2D eigenvalue weighted by atomic mass is 9.99. The number of allylic oxidation sites excluding steroid dienone is 9. The standard InChI is InChI=1S/C77H141NO10/c1-3-5-7-9-11-13-15-16-38-42-45-49-53-57-61-65-73(82)86-66-62-58-54-50-46-43-40-37-35-33-31-29-27-25-23-21-19-17-18-20-22-24-26-28-30-32-34-36-39-41-44-48-52-56-60-64-72(81)78-69(68-87-77-76(85)75(84)74(83)71(67-79)88-77)70(80)63-59-55-51-47-14-12-10-8-6-4-2/h14,16,19,21,25,27,38,47,59,63,69-71,74-77,79-80,83-85H,3-13,15,17-18,20,22-24,26,28-37,39-46,48-58,60-62,64-68H2,1-2H3,(H,78,81)/b21-19-,27-25-,38-16-,47-14+,63-59+. The Kier molecular flexibility index (Phi) is 62.4. The number of carbonyl (C=O) groups excluding carboxylic acids is 2. The van der Waals surface area contributed by atoms with Crippen molar-refractivity contribution in [3.8, 4) is 0 Å². The lowest BCUT2D eigenvalue weighted by molar-refractivity contribution is -0.302. The molecule has 0 aliphatic carbocycles. The van der Waals surface area contributed by atoms with Gasteiger partial charge in [-0.15, -0.1) is 0 Å². The van der Waals surface area contributed by atoms with E-state index in [4.69, 9.17) is 14.2 Å². The Morgan fingerprint density at radius 3 is 1.20 bits per heavy atom. The molecule has 6 N–H and O–H groups in total. The number of ether oxygens (including phenoxy) is 3. The predicted octanol–water partition coefficient (Wildman–Crippen LogP) is 19.7. The SMILES string of the molecule is CCCCCC/C=C/CC/C=C/C(O)C(COC1OC(CO)C(O)C(O)C1O)NC(=O)CCCCCCCCCCCCCCCCCCC/C=C\C/C=C\CCCCCCCCCCCCCOC(=O)CCCCCCC/C=C\CCCCCCCC. The quantitative estimate of drug-likeness (QED) is 0.0195. The molecule has 7 unspecified atom stereocenters. The zero-order valence-electron chi connectivity index (χ0n) is 57.2. The molecule has 1 saturated heterocycles. The fourth-order valence-corrected chi connectivity index (χ4v) is 11.7. The van der Waals surface area contributed by atoms with Crippen molar-refractivity contribution >= 4 is 11.9 Å². The third-order valence-corrected chi connectivity index (χ3v) is 17.6. The number of esters is 1. The first-order chi connectivity index (χ1) is 43.2. The van der Waals surface area contributed by atoms with Crippen LogP contribution in [0.25, 0.3) is 0 Å². The van der Waals surface area contributed by atoms with Gasteiger partial charge >= 0.3 is 5.97 Å². The molecule has 1 aliphatic rings. The molecule has 11 heteroatoms. The first-order valence-electron chi connectivity index (χ1n) is 37.6. The van der Waals surface area contributed by atoms with Crippen LogP contribution >= 0.6 is 0 Å². The number of unbranched alkanes of at least 4 members (excludes halogenated alkanes) is 44. The van der Waals surface area contributed by atoms with E-state index in [1.54, 1.807) is 6.08 Å². The highest BCUT2D eigenvalue weighted by atomic mass is 16.7. The molecular formula is C77H141NO10. The molecule has 514 valence electrons. The van der Waals surface area contributed by atoms with Gasteiger partial charge in [0, 0.05) is 12.8 Å². The highest BCUT2D eigenvalue weighted by Crippen LogP contribution is 2.23. The van der Waals surface area contributed by atoms with Gasteiger partial charge < -0.3 is 45.1 Å². The normalized spacial score (nSPS) is 18.1. The number of hydrogen-bond acceptors (Lipinski definition) is 10. The molecule has 1 aliphatic heterocycles. The summed E-state index contributed by atoms with van der Waals surface area (Å²) in [5, 5.41) is 54.3. The second kappa shape index (κ2) is 65.8. The van der Waals surface area contributed by atoms with E-state index < -0.39 is 49.5 Å². The maximum atomic E-state index is 13.0. The summed E-state index contributed by atoms with van der Waals surface area (Å²) in [7, 11) is 0. The summed E-state index contributed by atoms with van der Waals surface area (Å²) in [6.07, 6.45) is 78.2. The van der Waals surface area contributed by atoms with E-state index in [1.165, 1.54) is 263 Å². The highest BCUT2D eigenvalue weighted by Gasteiger charge is 2.44. The minimum absolute atomic E-state index is 0.00191. The molecule has 7 atom stereocenters. The highest BCUT2D eigenvalue weighted by molar-refractivity contribution is 5.76. The number of amides is 1. The van der Waals surface area contributed by atoms with E-state index in [2.05, 4.69) is 67.8 Å². The monoisotopic (exact) mass is 1240 g/mol. The Morgan fingerprint density at radius 2 is 0.773 bits per heavy atom. The third-order valence-electron chi connectivity index (χ3n) is 17.6. The van der Waals surface area contributed by atoms with Crippen molar-refractivity contribution in [2.45, 2.75) is 397 Å². The van der Waals surface area contributed by atoms with Gasteiger partial charge in [-0.3, -0.25) is 9.59 Å². The molecule has 88 heavy (non-hydrogen) atoms. The zero-order valence-corrected chi connectivity index (χ0v) is 57.2. The van der Waals surface area contributed by atoms with E-state index >= 15 is 0 Å². The smallest absolute Gasteiger partial charge is 0.305 e. The van der Waals surface area contributed by atoms with Crippen LogP contribution in [-0.2, 0) is 23.8 Å². The van der Waals surface area contributed by atoms with Gasteiger partial charge in [-0.05, 0) is 103 Å². The average Bonchev–Trinajstić information content (AvgIpc) is 1.96. The minimum Gasteiger partial charge on any atom is -0.466 e. The van der Waals surface area contributed by atoms with Crippen molar-refractivity contribution < 1.29 is 49.3 Å². The zero-order chi connectivity index (χ0) is 63.7. The van der Waals surface area contributed by atoms with Crippen LogP contribution in [0.3, 0.4) is 0 Å². The fourth-order valence-electron chi connectivity index (χ4n) is 11.7. The number of aliphatic hydroxyl groups is 5. The third kappa shape index (κ3) is 54.0.